The normalized spacial score (nSPS) is 16.3. The lowest BCUT2D eigenvalue weighted by Crippen LogP contribution is -2.35. The van der Waals surface area contributed by atoms with E-state index >= 15 is 0 Å². The van der Waals surface area contributed by atoms with Gasteiger partial charge in [-0.3, -0.25) is 9.89 Å². The summed E-state index contributed by atoms with van der Waals surface area (Å²) in [5.41, 5.74) is 5.71. The first kappa shape index (κ1) is 11.7. The van der Waals surface area contributed by atoms with Crippen LogP contribution in [0.15, 0.2) is 17.3 Å². The van der Waals surface area contributed by atoms with E-state index in [1.165, 1.54) is 4.90 Å². The Bertz CT molecular complexity index is 302. The number of nitrogens with zero attached hydrogens (tertiary/aromatic N) is 2. The zero-order chi connectivity index (χ0) is 11.5. The smallest absolute Gasteiger partial charge is 0.415 e. The first-order valence-corrected chi connectivity index (χ1v) is 4.83. The number of rotatable bonds is 1. The molecule has 84 valence electrons. The third-order valence-electron chi connectivity index (χ3n) is 1.71. The Balaban J connectivity index is 2.52. The fraction of sp³-hybridized carbons (Fsp3) is 0.600. The van der Waals surface area contributed by atoms with Crippen LogP contribution in [0.5, 0.6) is 0 Å². The van der Waals surface area contributed by atoms with Crippen molar-refractivity contribution in [2.24, 2.45) is 10.7 Å². The maximum Gasteiger partial charge on any atom is 0.415 e. The van der Waals surface area contributed by atoms with Gasteiger partial charge in [-0.15, -0.1) is 0 Å². The lowest BCUT2D eigenvalue weighted by Gasteiger charge is -2.25. The van der Waals surface area contributed by atoms with Crippen LogP contribution < -0.4 is 5.73 Å². The third-order valence-corrected chi connectivity index (χ3v) is 1.71. The van der Waals surface area contributed by atoms with Gasteiger partial charge in [-0.25, -0.2) is 4.79 Å². The monoisotopic (exact) mass is 211 g/mol. The second-order valence-electron chi connectivity index (χ2n) is 4.26. The summed E-state index contributed by atoms with van der Waals surface area (Å²) < 4.78 is 5.18. The molecule has 0 aromatic heterocycles. The standard InChI is InChI=1S/C10H17N3O2/c1-10(2,3)15-9(14)13-5-4-8(6-11)12-7-13/h4-5H,6-7,11H2,1-3H3. The maximum absolute atomic E-state index is 11.6. The Kier molecular flexibility index (Phi) is 3.47. The minimum absolute atomic E-state index is 0.276. The van der Waals surface area contributed by atoms with Gasteiger partial charge in [-0.05, 0) is 26.8 Å². The van der Waals surface area contributed by atoms with E-state index in [-0.39, 0.29) is 6.67 Å². The van der Waals surface area contributed by atoms with Crippen LogP contribution >= 0.6 is 0 Å². The summed E-state index contributed by atoms with van der Waals surface area (Å²) in [7, 11) is 0. The molecule has 0 saturated carbocycles. The molecule has 0 aromatic carbocycles. The number of nitrogens with two attached hydrogens (primary N) is 1. The van der Waals surface area contributed by atoms with Crippen LogP contribution in [-0.2, 0) is 4.74 Å². The molecule has 1 aliphatic heterocycles. The molecule has 1 heterocycles. The van der Waals surface area contributed by atoms with Crippen molar-refractivity contribution >= 4 is 11.8 Å². The van der Waals surface area contributed by atoms with Crippen molar-refractivity contribution in [3.63, 3.8) is 0 Å². The molecule has 0 saturated heterocycles. The van der Waals surface area contributed by atoms with Crippen LogP contribution in [0.2, 0.25) is 0 Å². The van der Waals surface area contributed by atoms with Gasteiger partial charge in [0, 0.05) is 12.7 Å². The molecule has 0 atom stereocenters. The van der Waals surface area contributed by atoms with E-state index in [0.717, 1.165) is 5.71 Å². The summed E-state index contributed by atoms with van der Waals surface area (Å²) in [5.74, 6) is 0. The summed E-state index contributed by atoms with van der Waals surface area (Å²) in [6.45, 7) is 6.14. The minimum atomic E-state index is -0.483. The lowest BCUT2D eigenvalue weighted by atomic mass is 10.2. The van der Waals surface area contributed by atoms with Crippen molar-refractivity contribution in [3.05, 3.63) is 12.3 Å². The van der Waals surface area contributed by atoms with Crippen LogP contribution in [0, 0.1) is 0 Å². The third kappa shape index (κ3) is 3.71. The van der Waals surface area contributed by atoms with Crippen molar-refractivity contribution in [1.29, 1.82) is 0 Å². The van der Waals surface area contributed by atoms with E-state index in [1.54, 1.807) is 12.3 Å². The number of carbonyl (C=O) groups is 1. The lowest BCUT2D eigenvalue weighted by molar-refractivity contribution is 0.0338. The van der Waals surface area contributed by atoms with Crippen LogP contribution in [0.1, 0.15) is 20.8 Å². The van der Waals surface area contributed by atoms with Gasteiger partial charge in [0.2, 0.25) is 0 Å². The highest BCUT2D eigenvalue weighted by molar-refractivity contribution is 5.97. The summed E-state index contributed by atoms with van der Waals surface area (Å²) in [6, 6.07) is 0. The molecule has 1 aliphatic rings. The zero-order valence-corrected chi connectivity index (χ0v) is 9.36. The van der Waals surface area contributed by atoms with Crippen molar-refractivity contribution in [2.75, 3.05) is 13.2 Å². The van der Waals surface area contributed by atoms with Crippen molar-refractivity contribution in [3.8, 4) is 0 Å². The molecule has 0 radical (unpaired) electrons. The summed E-state index contributed by atoms with van der Waals surface area (Å²) in [4.78, 5) is 17.1. The molecule has 2 N–H and O–H groups in total. The van der Waals surface area contributed by atoms with Crippen LogP contribution in [-0.4, -0.2) is 35.5 Å². The summed E-state index contributed by atoms with van der Waals surface area (Å²) in [5, 5.41) is 0. The number of hydrogen-bond donors (Lipinski definition) is 1. The number of carbonyl (C=O) groups excluding carboxylic acids is 1. The van der Waals surface area contributed by atoms with Gasteiger partial charge in [-0.1, -0.05) is 0 Å². The predicted octanol–water partition coefficient (Wildman–Crippen LogP) is 1.11. The first-order valence-electron chi connectivity index (χ1n) is 4.83. The topological polar surface area (TPSA) is 67.9 Å². The fourth-order valence-electron chi connectivity index (χ4n) is 1.01. The Morgan fingerprint density at radius 2 is 2.33 bits per heavy atom. The quantitative estimate of drug-likeness (QED) is 0.706. The molecule has 1 rings (SSSR count). The number of aliphatic imine (C=N–C) groups is 1. The highest BCUT2D eigenvalue weighted by Gasteiger charge is 2.21. The van der Waals surface area contributed by atoms with Gasteiger partial charge in [0.1, 0.15) is 12.3 Å². The Hall–Kier alpha value is -1.36. The Morgan fingerprint density at radius 3 is 2.73 bits per heavy atom. The average molecular weight is 211 g/mol. The van der Waals surface area contributed by atoms with E-state index in [0.29, 0.717) is 6.54 Å². The first-order chi connectivity index (χ1) is 6.92. The molecule has 15 heavy (non-hydrogen) atoms. The van der Waals surface area contributed by atoms with E-state index in [1.807, 2.05) is 20.8 Å². The van der Waals surface area contributed by atoms with E-state index in [2.05, 4.69) is 4.99 Å². The van der Waals surface area contributed by atoms with Gasteiger partial charge in [0.15, 0.2) is 0 Å². The molecule has 1 amide bonds. The van der Waals surface area contributed by atoms with Crippen molar-refractivity contribution < 1.29 is 9.53 Å². The molecular weight excluding hydrogens is 194 g/mol. The zero-order valence-electron chi connectivity index (χ0n) is 9.36. The average Bonchev–Trinajstić information content (AvgIpc) is 2.15. The van der Waals surface area contributed by atoms with Crippen molar-refractivity contribution in [1.82, 2.24) is 4.90 Å². The van der Waals surface area contributed by atoms with Gasteiger partial charge in [-0.2, -0.15) is 0 Å². The number of amides is 1. The largest absolute Gasteiger partial charge is 0.443 e. The number of hydrogen-bond acceptors (Lipinski definition) is 4. The Labute approximate surface area is 89.6 Å². The summed E-state index contributed by atoms with van der Waals surface area (Å²) >= 11 is 0. The van der Waals surface area contributed by atoms with Gasteiger partial charge in [0.25, 0.3) is 0 Å². The maximum atomic E-state index is 11.6. The van der Waals surface area contributed by atoms with E-state index < -0.39 is 11.7 Å². The van der Waals surface area contributed by atoms with Crippen LogP contribution in [0.4, 0.5) is 4.79 Å². The molecular formula is C10H17N3O2. The van der Waals surface area contributed by atoms with E-state index in [4.69, 9.17) is 10.5 Å². The summed E-state index contributed by atoms with van der Waals surface area (Å²) in [6.07, 6.45) is 2.97. The van der Waals surface area contributed by atoms with Gasteiger partial charge in [0.05, 0.1) is 5.71 Å². The highest BCUT2D eigenvalue weighted by Crippen LogP contribution is 2.11. The molecule has 0 aliphatic carbocycles. The van der Waals surface area contributed by atoms with Crippen LogP contribution in [0.3, 0.4) is 0 Å². The molecule has 0 spiro atoms. The van der Waals surface area contributed by atoms with Crippen LogP contribution in [0.25, 0.3) is 0 Å². The Morgan fingerprint density at radius 1 is 1.67 bits per heavy atom. The molecule has 5 nitrogen and oxygen atoms in total. The molecule has 0 fully saturated rings. The predicted molar refractivity (Wildman–Crippen MR) is 58.6 cm³/mol. The second kappa shape index (κ2) is 4.44. The highest BCUT2D eigenvalue weighted by atomic mass is 16.6. The fourth-order valence-corrected chi connectivity index (χ4v) is 1.01. The minimum Gasteiger partial charge on any atom is -0.443 e. The van der Waals surface area contributed by atoms with E-state index in [9.17, 15) is 4.79 Å². The molecule has 0 unspecified atom stereocenters. The molecule has 5 heteroatoms. The molecule has 0 aromatic rings. The van der Waals surface area contributed by atoms with Crippen molar-refractivity contribution in [2.45, 2.75) is 26.4 Å². The van der Waals surface area contributed by atoms with Gasteiger partial charge < -0.3 is 10.5 Å². The second-order valence-corrected chi connectivity index (χ2v) is 4.26. The SMILES string of the molecule is CC(C)(C)OC(=O)N1C=CC(CN)=NC1. The number of ether oxygens (including phenoxy) is 1. The van der Waals surface area contributed by atoms with Gasteiger partial charge >= 0.3 is 6.09 Å². The molecule has 0 bridgehead atoms.